The smallest absolute Gasteiger partial charge is 0.0143 e. The molecule has 1 aliphatic rings. The molecular weight excluding hydrogens is 170 g/mol. The van der Waals surface area contributed by atoms with Crippen molar-refractivity contribution in [2.24, 2.45) is 0 Å². The van der Waals surface area contributed by atoms with Gasteiger partial charge in [-0.2, -0.15) is 0 Å². The van der Waals surface area contributed by atoms with Crippen molar-refractivity contribution in [3.8, 4) is 0 Å². The molecule has 1 atom stereocenters. The summed E-state index contributed by atoms with van der Waals surface area (Å²) in [7, 11) is 0. The molecule has 2 rings (SSSR count). The molecule has 0 aromatic heterocycles. The lowest BCUT2D eigenvalue weighted by atomic mass is 9.96. The first-order valence-corrected chi connectivity index (χ1v) is 5.25. The van der Waals surface area contributed by atoms with Crippen molar-refractivity contribution in [2.45, 2.75) is 26.3 Å². The largest absolute Gasteiger partial charge is 0.310 e. The first-order valence-electron chi connectivity index (χ1n) is 5.25. The van der Waals surface area contributed by atoms with Gasteiger partial charge in [0.2, 0.25) is 0 Å². The Balaban J connectivity index is 2.22. The maximum absolute atomic E-state index is 3.42. The molecular formula is C13H17N. The topological polar surface area (TPSA) is 12.0 Å². The van der Waals surface area contributed by atoms with Crippen LogP contribution in [-0.2, 0) is 0 Å². The van der Waals surface area contributed by atoms with Crippen molar-refractivity contribution in [3.05, 3.63) is 41.5 Å². The normalized spacial score (nSPS) is 21.9. The number of aryl methyl sites for hydroxylation is 1. The van der Waals surface area contributed by atoms with Crippen LogP contribution in [-0.4, -0.2) is 12.6 Å². The minimum Gasteiger partial charge on any atom is -0.310 e. The summed E-state index contributed by atoms with van der Waals surface area (Å²) in [4.78, 5) is 0. The molecule has 1 aromatic carbocycles. The van der Waals surface area contributed by atoms with E-state index in [0.717, 1.165) is 13.0 Å². The van der Waals surface area contributed by atoms with Gasteiger partial charge in [0, 0.05) is 12.6 Å². The molecule has 0 bridgehead atoms. The minimum absolute atomic E-state index is 0.608. The molecule has 14 heavy (non-hydrogen) atoms. The van der Waals surface area contributed by atoms with Gasteiger partial charge in [-0.05, 0) is 31.4 Å². The van der Waals surface area contributed by atoms with Crippen molar-refractivity contribution >= 4 is 5.57 Å². The van der Waals surface area contributed by atoms with Crippen LogP contribution < -0.4 is 5.32 Å². The van der Waals surface area contributed by atoms with Crippen LogP contribution in [0.1, 0.15) is 24.5 Å². The molecule has 74 valence electrons. The van der Waals surface area contributed by atoms with Gasteiger partial charge in [-0.3, -0.25) is 0 Å². The van der Waals surface area contributed by atoms with E-state index in [2.05, 4.69) is 49.5 Å². The standard InChI is InChI=1S/C13H17N/c1-10-3-5-12(6-4-10)13-7-8-14-11(2)9-13/h3-7,11,14H,8-9H2,1-2H3. The Morgan fingerprint density at radius 2 is 1.93 bits per heavy atom. The van der Waals surface area contributed by atoms with Crippen LogP contribution in [0.5, 0.6) is 0 Å². The average Bonchev–Trinajstić information content (AvgIpc) is 2.19. The summed E-state index contributed by atoms with van der Waals surface area (Å²) in [6.45, 7) is 5.37. The second-order valence-electron chi connectivity index (χ2n) is 4.11. The summed E-state index contributed by atoms with van der Waals surface area (Å²) in [5.41, 5.74) is 4.19. The van der Waals surface area contributed by atoms with Gasteiger partial charge in [-0.25, -0.2) is 0 Å². The maximum Gasteiger partial charge on any atom is 0.0143 e. The summed E-state index contributed by atoms with van der Waals surface area (Å²) < 4.78 is 0. The van der Waals surface area contributed by atoms with Gasteiger partial charge in [0.25, 0.3) is 0 Å². The van der Waals surface area contributed by atoms with Crippen LogP contribution in [0.25, 0.3) is 5.57 Å². The molecule has 0 aliphatic carbocycles. The van der Waals surface area contributed by atoms with Crippen LogP contribution in [0.15, 0.2) is 30.3 Å². The molecule has 1 nitrogen and oxygen atoms in total. The Hall–Kier alpha value is -1.08. The molecule has 0 spiro atoms. The second-order valence-corrected chi connectivity index (χ2v) is 4.11. The summed E-state index contributed by atoms with van der Waals surface area (Å²) in [5.74, 6) is 0. The zero-order chi connectivity index (χ0) is 9.97. The molecule has 1 aromatic rings. The van der Waals surface area contributed by atoms with Gasteiger partial charge < -0.3 is 5.32 Å². The van der Waals surface area contributed by atoms with Crippen LogP contribution in [0.2, 0.25) is 0 Å². The van der Waals surface area contributed by atoms with Crippen LogP contribution in [0.4, 0.5) is 0 Å². The molecule has 0 radical (unpaired) electrons. The SMILES string of the molecule is Cc1ccc(C2=CCNC(C)C2)cc1. The van der Waals surface area contributed by atoms with Crippen LogP contribution >= 0.6 is 0 Å². The third-order valence-electron chi connectivity index (χ3n) is 2.76. The first-order chi connectivity index (χ1) is 6.75. The molecule has 1 N–H and O–H groups in total. The van der Waals surface area contributed by atoms with E-state index in [-0.39, 0.29) is 0 Å². The molecule has 0 saturated heterocycles. The first kappa shape index (κ1) is 9.47. The van der Waals surface area contributed by atoms with Gasteiger partial charge in [0.05, 0.1) is 0 Å². The molecule has 0 fully saturated rings. The van der Waals surface area contributed by atoms with Gasteiger partial charge >= 0.3 is 0 Å². The molecule has 1 heterocycles. The zero-order valence-corrected chi connectivity index (χ0v) is 8.88. The summed E-state index contributed by atoms with van der Waals surface area (Å²) >= 11 is 0. The van der Waals surface area contributed by atoms with E-state index in [4.69, 9.17) is 0 Å². The number of nitrogens with one attached hydrogen (secondary N) is 1. The van der Waals surface area contributed by atoms with E-state index >= 15 is 0 Å². The Morgan fingerprint density at radius 1 is 1.21 bits per heavy atom. The molecule has 1 aliphatic heterocycles. The third kappa shape index (κ3) is 2.05. The number of rotatable bonds is 1. The van der Waals surface area contributed by atoms with Gasteiger partial charge in [0.1, 0.15) is 0 Å². The van der Waals surface area contributed by atoms with E-state index in [1.807, 2.05) is 0 Å². The average molecular weight is 187 g/mol. The molecule has 1 heteroatoms. The van der Waals surface area contributed by atoms with Gasteiger partial charge in [-0.15, -0.1) is 0 Å². The van der Waals surface area contributed by atoms with Gasteiger partial charge in [-0.1, -0.05) is 35.9 Å². The summed E-state index contributed by atoms with van der Waals surface area (Å²) in [6.07, 6.45) is 3.44. The Morgan fingerprint density at radius 3 is 2.57 bits per heavy atom. The van der Waals surface area contributed by atoms with E-state index in [0.29, 0.717) is 6.04 Å². The van der Waals surface area contributed by atoms with Crippen molar-refractivity contribution in [1.82, 2.24) is 5.32 Å². The maximum atomic E-state index is 3.42. The molecule has 0 saturated carbocycles. The fraction of sp³-hybridized carbons (Fsp3) is 0.385. The van der Waals surface area contributed by atoms with Gasteiger partial charge in [0.15, 0.2) is 0 Å². The lowest BCUT2D eigenvalue weighted by molar-refractivity contribution is 0.579. The Labute approximate surface area is 85.8 Å². The fourth-order valence-electron chi connectivity index (χ4n) is 1.87. The highest BCUT2D eigenvalue weighted by Crippen LogP contribution is 2.22. The number of benzene rings is 1. The highest BCUT2D eigenvalue weighted by Gasteiger charge is 2.10. The van der Waals surface area contributed by atoms with E-state index < -0.39 is 0 Å². The number of hydrogen-bond donors (Lipinski definition) is 1. The van der Waals surface area contributed by atoms with Crippen molar-refractivity contribution < 1.29 is 0 Å². The predicted molar refractivity (Wildman–Crippen MR) is 61.2 cm³/mol. The monoisotopic (exact) mass is 187 g/mol. The second kappa shape index (κ2) is 3.97. The lowest BCUT2D eigenvalue weighted by Gasteiger charge is -2.20. The predicted octanol–water partition coefficient (Wildman–Crippen LogP) is 2.76. The third-order valence-corrected chi connectivity index (χ3v) is 2.76. The zero-order valence-electron chi connectivity index (χ0n) is 8.88. The quantitative estimate of drug-likeness (QED) is 0.713. The summed E-state index contributed by atoms with van der Waals surface area (Å²) in [6, 6.07) is 9.42. The fourth-order valence-corrected chi connectivity index (χ4v) is 1.87. The van der Waals surface area contributed by atoms with Crippen LogP contribution in [0, 0.1) is 6.92 Å². The molecule has 0 amide bonds. The van der Waals surface area contributed by atoms with Crippen molar-refractivity contribution in [2.75, 3.05) is 6.54 Å². The van der Waals surface area contributed by atoms with Crippen molar-refractivity contribution in [1.29, 1.82) is 0 Å². The summed E-state index contributed by atoms with van der Waals surface area (Å²) in [5, 5.41) is 3.42. The minimum atomic E-state index is 0.608. The molecule has 1 unspecified atom stereocenters. The number of hydrogen-bond acceptors (Lipinski definition) is 1. The highest BCUT2D eigenvalue weighted by atomic mass is 14.9. The lowest BCUT2D eigenvalue weighted by Crippen LogP contribution is -2.29. The van der Waals surface area contributed by atoms with Crippen molar-refractivity contribution in [3.63, 3.8) is 0 Å². The van der Waals surface area contributed by atoms with E-state index in [9.17, 15) is 0 Å². The Bertz CT molecular complexity index is 335. The highest BCUT2D eigenvalue weighted by molar-refractivity contribution is 5.67. The Kier molecular flexibility index (Phi) is 2.69. The van der Waals surface area contributed by atoms with Crippen LogP contribution in [0.3, 0.4) is 0 Å². The van der Waals surface area contributed by atoms with E-state index in [1.165, 1.54) is 16.7 Å². The van der Waals surface area contributed by atoms with E-state index in [1.54, 1.807) is 0 Å².